The summed E-state index contributed by atoms with van der Waals surface area (Å²) in [5.74, 6) is 0.673. The number of rotatable bonds is 8. The minimum atomic E-state index is -1.27. The first-order valence-electron chi connectivity index (χ1n) is 10.7. The normalized spacial score (nSPS) is 24.7. The number of hydrogen-bond donors (Lipinski definition) is 2. The molecule has 0 radical (unpaired) electrons. The minimum absolute atomic E-state index is 0.0880. The van der Waals surface area contributed by atoms with Crippen molar-refractivity contribution in [2.24, 2.45) is 5.92 Å². The molecule has 2 aliphatic rings. The highest BCUT2D eigenvalue weighted by Crippen LogP contribution is 2.28. The van der Waals surface area contributed by atoms with E-state index in [4.69, 9.17) is 0 Å². The summed E-state index contributed by atoms with van der Waals surface area (Å²) in [6, 6.07) is 0.334. The number of amides is 1. The van der Waals surface area contributed by atoms with Crippen molar-refractivity contribution in [1.29, 1.82) is 0 Å². The number of piperidine rings is 1. The predicted octanol–water partition coefficient (Wildman–Crippen LogP) is 2.88. The zero-order valence-corrected chi connectivity index (χ0v) is 17.0. The van der Waals surface area contributed by atoms with Gasteiger partial charge in [0, 0.05) is 44.0 Å². The molecule has 6 nitrogen and oxygen atoms in total. The number of likely N-dealkylation sites (tertiary alicyclic amines) is 1. The largest absolute Gasteiger partial charge is 0.379 e. The lowest BCUT2D eigenvalue weighted by atomic mass is 9.86. The van der Waals surface area contributed by atoms with E-state index < -0.39 is 5.60 Å². The van der Waals surface area contributed by atoms with E-state index in [2.05, 4.69) is 24.3 Å². The summed E-state index contributed by atoms with van der Waals surface area (Å²) in [7, 11) is 0. The quantitative estimate of drug-likeness (QED) is 0.732. The van der Waals surface area contributed by atoms with Crippen molar-refractivity contribution in [3.05, 3.63) is 18.0 Å². The molecule has 1 saturated heterocycles. The molecule has 3 rings (SSSR count). The van der Waals surface area contributed by atoms with Crippen LogP contribution in [0.2, 0.25) is 0 Å². The van der Waals surface area contributed by atoms with Crippen LogP contribution in [-0.4, -0.2) is 50.9 Å². The summed E-state index contributed by atoms with van der Waals surface area (Å²) >= 11 is 0. The fraction of sp³-hybridized carbons (Fsp3) is 0.810. The van der Waals surface area contributed by atoms with Crippen molar-refractivity contribution in [2.45, 2.75) is 83.4 Å². The molecule has 27 heavy (non-hydrogen) atoms. The number of carbonyl (C=O) groups excluding carboxylic acids is 1. The molecular weight excluding hydrogens is 340 g/mol. The fourth-order valence-corrected chi connectivity index (χ4v) is 4.42. The lowest BCUT2D eigenvalue weighted by Gasteiger charge is -2.39. The van der Waals surface area contributed by atoms with Crippen LogP contribution >= 0.6 is 0 Å². The van der Waals surface area contributed by atoms with Gasteiger partial charge in [-0.2, -0.15) is 5.10 Å². The highest BCUT2D eigenvalue weighted by atomic mass is 16.3. The second-order valence-electron chi connectivity index (χ2n) is 8.75. The van der Waals surface area contributed by atoms with Crippen LogP contribution in [-0.2, 0) is 11.3 Å². The first-order chi connectivity index (χ1) is 13.0. The minimum Gasteiger partial charge on any atom is -0.379 e. The molecule has 1 aliphatic heterocycles. The summed E-state index contributed by atoms with van der Waals surface area (Å²) in [5.41, 5.74) is -0.191. The number of nitrogens with zero attached hydrogens (tertiary/aromatic N) is 3. The van der Waals surface area contributed by atoms with Crippen molar-refractivity contribution in [3.63, 3.8) is 0 Å². The van der Waals surface area contributed by atoms with E-state index in [-0.39, 0.29) is 5.91 Å². The Morgan fingerprint density at radius 1 is 1.30 bits per heavy atom. The van der Waals surface area contributed by atoms with Crippen LogP contribution < -0.4 is 5.32 Å². The average Bonchev–Trinajstić information content (AvgIpc) is 3.13. The summed E-state index contributed by atoms with van der Waals surface area (Å²) in [6.07, 6.45) is 13.0. The SMILES string of the molecule is CC(C)n1cc(CNCC2(O)CCCN(CCC3CCCCC3)C2=O)cn1. The summed E-state index contributed by atoms with van der Waals surface area (Å²) in [6.45, 7) is 6.69. The summed E-state index contributed by atoms with van der Waals surface area (Å²) in [5, 5.41) is 18.5. The standard InChI is InChI=1S/C21H36N4O2/c1-17(2)25-15-19(14-23-25)13-22-16-21(27)10-6-11-24(20(21)26)12-9-18-7-4-3-5-8-18/h14-15,17-18,22,27H,3-13,16H2,1-2H3. The van der Waals surface area contributed by atoms with Crippen LogP contribution in [0.15, 0.2) is 12.4 Å². The van der Waals surface area contributed by atoms with Gasteiger partial charge in [-0.25, -0.2) is 0 Å². The molecule has 2 N–H and O–H groups in total. The van der Waals surface area contributed by atoms with Crippen LogP contribution in [0.5, 0.6) is 0 Å². The Hall–Kier alpha value is -1.40. The zero-order chi connectivity index (χ0) is 19.3. The highest BCUT2D eigenvalue weighted by molar-refractivity contribution is 5.86. The lowest BCUT2D eigenvalue weighted by Crippen LogP contribution is -2.58. The molecule has 1 aromatic heterocycles. The summed E-state index contributed by atoms with van der Waals surface area (Å²) in [4.78, 5) is 14.8. The second-order valence-corrected chi connectivity index (χ2v) is 8.75. The van der Waals surface area contributed by atoms with E-state index in [0.29, 0.717) is 25.6 Å². The highest BCUT2D eigenvalue weighted by Gasteiger charge is 2.41. The third-order valence-electron chi connectivity index (χ3n) is 6.17. The van der Waals surface area contributed by atoms with Crippen LogP contribution in [0.4, 0.5) is 0 Å². The van der Waals surface area contributed by atoms with Gasteiger partial charge >= 0.3 is 0 Å². The Labute approximate surface area is 163 Å². The molecule has 2 heterocycles. The second kappa shape index (κ2) is 9.20. The van der Waals surface area contributed by atoms with Gasteiger partial charge in [-0.1, -0.05) is 32.1 Å². The van der Waals surface area contributed by atoms with Gasteiger partial charge in [-0.3, -0.25) is 9.48 Å². The molecule has 1 atom stereocenters. The molecule has 0 aromatic carbocycles. The van der Waals surface area contributed by atoms with E-state index in [0.717, 1.165) is 37.4 Å². The van der Waals surface area contributed by atoms with Crippen molar-refractivity contribution < 1.29 is 9.90 Å². The van der Waals surface area contributed by atoms with E-state index in [1.54, 1.807) is 0 Å². The Morgan fingerprint density at radius 2 is 2.07 bits per heavy atom. The van der Waals surface area contributed by atoms with Gasteiger partial charge in [0.2, 0.25) is 0 Å². The van der Waals surface area contributed by atoms with Crippen molar-refractivity contribution in [1.82, 2.24) is 20.0 Å². The van der Waals surface area contributed by atoms with Crippen molar-refractivity contribution in [2.75, 3.05) is 19.6 Å². The van der Waals surface area contributed by atoms with E-state index in [9.17, 15) is 9.90 Å². The van der Waals surface area contributed by atoms with Gasteiger partial charge in [0.25, 0.3) is 5.91 Å². The fourth-order valence-electron chi connectivity index (χ4n) is 4.42. The zero-order valence-electron chi connectivity index (χ0n) is 17.0. The van der Waals surface area contributed by atoms with Crippen molar-refractivity contribution >= 4 is 5.91 Å². The van der Waals surface area contributed by atoms with E-state index in [1.807, 2.05) is 22.0 Å². The lowest BCUT2D eigenvalue weighted by molar-refractivity contribution is -0.156. The maximum atomic E-state index is 12.9. The van der Waals surface area contributed by atoms with Gasteiger partial charge in [-0.05, 0) is 39.0 Å². The van der Waals surface area contributed by atoms with Gasteiger partial charge in [0.1, 0.15) is 0 Å². The molecule has 2 fully saturated rings. The third-order valence-corrected chi connectivity index (χ3v) is 6.17. The molecule has 0 spiro atoms. The maximum absolute atomic E-state index is 12.9. The number of aliphatic hydroxyl groups is 1. The van der Waals surface area contributed by atoms with Crippen LogP contribution in [0.25, 0.3) is 0 Å². The van der Waals surface area contributed by atoms with E-state index >= 15 is 0 Å². The first kappa shape index (κ1) is 20.3. The molecule has 1 aliphatic carbocycles. The smallest absolute Gasteiger partial charge is 0.255 e. The molecule has 1 unspecified atom stereocenters. The number of aromatic nitrogens is 2. The van der Waals surface area contributed by atoms with Crippen LogP contribution in [0.1, 0.15) is 76.8 Å². The monoisotopic (exact) mass is 376 g/mol. The Bertz CT molecular complexity index is 609. The van der Waals surface area contributed by atoms with E-state index in [1.165, 1.54) is 32.1 Å². The molecule has 1 aromatic rings. The number of carbonyl (C=O) groups is 1. The molecular formula is C21H36N4O2. The molecule has 1 saturated carbocycles. The Kier molecular flexibility index (Phi) is 6.93. The van der Waals surface area contributed by atoms with Crippen LogP contribution in [0, 0.1) is 5.92 Å². The average molecular weight is 377 g/mol. The van der Waals surface area contributed by atoms with Gasteiger partial charge in [0.15, 0.2) is 5.60 Å². The van der Waals surface area contributed by atoms with Gasteiger partial charge in [-0.15, -0.1) is 0 Å². The predicted molar refractivity (Wildman–Crippen MR) is 106 cm³/mol. The number of nitrogens with one attached hydrogen (secondary N) is 1. The molecule has 152 valence electrons. The molecule has 0 bridgehead atoms. The van der Waals surface area contributed by atoms with Crippen molar-refractivity contribution in [3.8, 4) is 0 Å². The first-order valence-corrected chi connectivity index (χ1v) is 10.7. The third kappa shape index (κ3) is 5.32. The maximum Gasteiger partial charge on any atom is 0.255 e. The van der Waals surface area contributed by atoms with Crippen LogP contribution in [0.3, 0.4) is 0 Å². The topological polar surface area (TPSA) is 70.4 Å². The molecule has 6 heteroatoms. The van der Waals surface area contributed by atoms with Gasteiger partial charge in [0.05, 0.1) is 6.20 Å². The number of hydrogen-bond acceptors (Lipinski definition) is 4. The van der Waals surface area contributed by atoms with Gasteiger partial charge < -0.3 is 15.3 Å². The Morgan fingerprint density at radius 3 is 2.78 bits per heavy atom. The molecule has 1 amide bonds. The Balaban J connectivity index is 1.47. The summed E-state index contributed by atoms with van der Waals surface area (Å²) < 4.78 is 1.92.